The number of ether oxygens (including phenoxy) is 1. The van der Waals surface area contributed by atoms with Crippen molar-refractivity contribution in [3.05, 3.63) is 65.7 Å². The van der Waals surface area contributed by atoms with Gasteiger partial charge in [-0.05, 0) is 30.7 Å². The molecule has 0 spiro atoms. The Kier molecular flexibility index (Phi) is 7.22. The average Bonchev–Trinajstić information content (AvgIpc) is 2.68. The van der Waals surface area contributed by atoms with Gasteiger partial charge in [0.2, 0.25) is 5.91 Å². The van der Waals surface area contributed by atoms with E-state index in [9.17, 15) is 26.8 Å². The second-order valence-corrected chi connectivity index (χ2v) is 8.05. The molecule has 0 saturated heterocycles. The van der Waals surface area contributed by atoms with Crippen molar-refractivity contribution in [2.24, 2.45) is 0 Å². The highest BCUT2D eigenvalue weighted by Gasteiger charge is 2.26. The van der Waals surface area contributed by atoms with Gasteiger partial charge in [0.15, 0.2) is 9.84 Å². The van der Waals surface area contributed by atoms with Gasteiger partial charge in [0.05, 0.1) is 24.2 Å². The summed E-state index contributed by atoms with van der Waals surface area (Å²) in [5.74, 6) is -3.90. The summed E-state index contributed by atoms with van der Waals surface area (Å²) in [4.78, 5) is 24.1. The highest BCUT2D eigenvalue weighted by Crippen LogP contribution is 2.14. The van der Waals surface area contributed by atoms with Gasteiger partial charge in [-0.3, -0.25) is 4.79 Å². The van der Waals surface area contributed by atoms with Gasteiger partial charge in [-0.1, -0.05) is 24.3 Å². The van der Waals surface area contributed by atoms with Crippen LogP contribution in [0.5, 0.6) is 0 Å². The van der Waals surface area contributed by atoms with Crippen LogP contribution in [-0.4, -0.2) is 39.2 Å². The lowest BCUT2D eigenvalue weighted by Crippen LogP contribution is -2.43. The minimum atomic E-state index is -3.68. The Morgan fingerprint density at radius 2 is 1.64 bits per heavy atom. The number of hydrogen-bond donors (Lipinski definition) is 1. The Labute approximate surface area is 161 Å². The average molecular weight is 411 g/mol. The van der Waals surface area contributed by atoms with Gasteiger partial charge in [-0.15, -0.1) is 0 Å². The molecule has 2 aromatic rings. The minimum absolute atomic E-state index is 0.0818. The first kappa shape index (κ1) is 21.5. The predicted octanol–water partition coefficient (Wildman–Crippen LogP) is 2.03. The molecule has 0 aliphatic heterocycles. The van der Waals surface area contributed by atoms with Gasteiger partial charge in [0.1, 0.15) is 17.7 Å². The summed E-state index contributed by atoms with van der Waals surface area (Å²) >= 11 is 0. The lowest BCUT2D eigenvalue weighted by atomic mass is 10.1. The Bertz CT molecular complexity index is 928. The van der Waals surface area contributed by atoms with Crippen LogP contribution >= 0.6 is 0 Å². The van der Waals surface area contributed by atoms with Crippen LogP contribution in [0.15, 0.2) is 53.4 Å². The summed E-state index contributed by atoms with van der Waals surface area (Å²) in [7, 11) is -2.60. The van der Waals surface area contributed by atoms with E-state index in [-0.39, 0.29) is 11.3 Å². The van der Waals surface area contributed by atoms with E-state index in [1.807, 2.05) is 0 Å². The van der Waals surface area contributed by atoms with Gasteiger partial charge in [0, 0.05) is 5.56 Å². The molecular weight excluding hydrogens is 392 g/mol. The zero-order valence-electron chi connectivity index (χ0n) is 15.0. The molecule has 9 heteroatoms. The van der Waals surface area contributed by atoms with Crippen LogP contribution in [0.3, 0.4) is 0 Å². The van der Waals surface area contributed by atoms with Crippen LogP contribution in [0, 0.1) is 11.6 Å². The Hall–Kier alpha value is -2.81. The van der Waals surface area contributed by atoms with Crippen molar-refractivity contribution in [3.8, 4) is 0 Å². The van der Waals surface area contributed by atoms with Crippen LogP contribution in [0.2, 0.25) is 0 Å². The summed E-state index contributed by atoms with van der Waals surface area (Å²) in [5.41, 5.74) is -0.444. The number of methoxy groups -OCH3 is 1. The van der Waals surface area contributed by atoms with E-state index < -0.39 is 57.1 Å². The number of nitrogens with one attached hydrogen (secondary N) is 1. The van der Waals surface area contributed by atoms with Crippen molar-refractivity contribution in [3.63, 3.8) is 0 Å². The first-order chi connectivity index (χ1) is 13.2. The number of esters is 1. The quantitative estimate of drug-likeness (QED) is 0.672. The summed E-state index contributed by atoms with van der Waals surface area (Å²) in [6.07, 6.45) is -0.896. The smallest absolute Gasteiger partial charge is 0.328 e. The van der Waals surface area contributed by atoms with E-state index in [1.165, 1.54) is 12.1 Å². The normalized spacial score (nSPS) is 12.2. The van der Waals surface area contributed by atoms with E-state index in [0.717, 1.165) is 25.3 Å². The number of rotatable bonds is 8. The maximum absolute atomic E-state index is 13.7. The number of benzene rings is 2. The molecule has 2 rings (SSSR count). The van der Waals surface area contributed by atoms with Crippen LogP contribution < -0.4 is 5.32 Å². The third kappa shape index (κ3) is 5.59. The van der Waals surface area contributed by atoms with E-state index >= 15 is 0 Å². The highest BCUT2D eigenvalue weighted by atomic mass is 32.2. The van der Waals surface area contributed by atoms with Gasteiger partial charge in [-0.25, -0.2) is 22.0 Å². The second-order valence-electron chi connectivity index (χ2n) is 5.94. The van der Waals surface area contributed by atoms with Crippen LogP contribution in [0.1, 0.15) is 12.0 Å². The lowest BCUT2D eigenvalue weighted by Gasteiger charge is -2.17. The highest BCUT2D eigenvalue weighted by molar-refractivity contribution is 7.91. The zero-order valence-corrected chi connectivity index (χ0v) is 15.8. The maximum Gasteiger partial charge on any atom is 0.328 e. The first-order valence-corrected chi connectivity index (χ1v) is 9.97. The molecule has 28 heavy (non-hydrogen) atoms. The molecule has 0 heterocycles. The molecule has 1 amide bonds. The molecular formula is C19H19F2NO5S. The predicted molar refractivity (Wildman–Crippen MR) is 97.1 cm³/mol. The van der Waals surface area contributed by atoms with Crippen molar-refractivity contribution in [2.45, 2.75) is 23.8 Å². The summed E-state index contributed by atoms with van der Waals surface area (Å²) in [5, 5.41) is 2.28. The molecule has 0 saturated carbocycles. The number of sulfone groups is 1. The molecule has 0 aliphatic rings. The Morgan fingerprint density at radius 3 is 2.21 bits per heavy atom. The van der Waals surface area contributed by atoms with Crippen LogP contribution in [0.25, 0.3) is 0 Å². The first-order valence-electron chi connectivity index (χ1n) is 8.32. The fourth-order valence-electron chi connectivity index (χ4n) is 2.52. The summed E-state index contributed by atoms with van der Waals surface area (Å²) in [6.45, 7) is 0. The third-order valence-electron chi connectivity index (χ3n) is 4.00. The van der Waals surface area contributed by atoms with Crippen LogP contribution in [0.4, 0.5) is 8.78 Å². The lowest BCUT2D eigenvalue weighted by molar-refractivity contribution is -0.145. The van der Waals surface area contributed by atoms with Gasteiger partial charge < -0.3 is 10.1 Å². The molecule has 0 aromatic heterocycles. The number of amides is 1. The van der Waals surface area contributed by atoms with Crippen molar-refractivity contribution in [1.29, 1.82) is 0 Å². The van der Waals surface area contributed by atoms with Gasteiger partial charge in [-0.2, -0.15) is 0 Å². The third-order valence-corrected chi connectivity index (χ3v) is 5.76. The summed E-state index contributed by atoms with van der Waals surface area (Å²) < 4.78 is 56.6. The van der Waals surface area contributed by atoms with E-state index in [4.69, 9.17) is 0 Å². The van der Waals surface area contributed by atoms with E-state index in [1.54, 1.807) is 18.2 Å². The van der Waals surface area contributed by atoms with Gasteiger partial charge >= 0.3 is 5.97 Å². The van der Waals surface area contributed by atoms with Crippen molar-refractivity contribution >= 4 is 21.7 Å². The number of carbonyl (C=O) groups excluding carboxylic acids is 2. The Balaban J connectivity index is 2.07. The molecule has 2 aromatic carbocycles. The van der Waals surface area contributed by atoms with Crippen molar-refractivity contribution in [1.82, 2.24) is 5.32 Å². The zero-order chi connectivity index (χ0) is 20.7. The van der Waals surface area contributed by atoms with Crippen molar-refractivity contribution < 1.29 is 31.5 Å². The SMILES string of the molecule is COC(=O)[C@@H](CCS(=O)(=O)c1ccccc1)NC(=O)Cc1c(F)cccc1F. The maximum atomic E-state index is 13.7. The molecule has 6 nitrogen and oxygen atoms in total. The fourth-order valence-corrected chi connectivity index (χ4v) is 3.87. The standard InChI is InChI=1S/C19H19F2NO5S/c1-27-19(24)17(10-11-28(25,26)13-6-3-2-4-7-13)22-18(23)12-14-15(20)8-5-9-16(14)21/h2-9,17H,10-12H2,1H3,(H,22,23)/t17-/m1/s1. The molecule has 0 unspecified atom stereocenters. The van der Waals surface area contributed by atoms with Crippen LogP contribution in [-0.2, 0) is 30.6 Å². The molecule has 0 fully saturated rings. The van der Waals surface area contributed by atoms with Gasteiger partial charge in [0.25, 0.3) is 0 Å². The largest absolute Gasteiger partial charge is 0.467 e. The number of hydrogen-bond acceptors (Lipinski definition) is 5. The topological polar surface area (TPSA) is 89.5 Å². The van der Waals surface area contributed by atoms with Crippen molar-refractivity contribution in [2.75, 3.05) is 12.9 Å². The minimum Gasteiger partial charge on any atom is -0.467 e. The fraction of sp³-hybridized carbons (Fsp3) is 0.263. The Morgan fingerprint density at radius 1 is 1.04 bits per heavy atom. The second kappa shape index (κ2) is 9.41. The molecule has 0 aliphatic carbocycles. The monoisotopic (exact) mass is 411 g/mol. The molecule has 0 radical (unpaired) electrons. The molecule has 1 N–H and O–H groups in total. The van der Waals surface area contributed by atoms with E-state index in [2.05, 4.69) is 10.1 Å². The molecule has 0 bridgehead atoms. The number of carbonyl (C=O) groups is 2. The van der Waals surface area contributed by atoms with E-state index in [0.29, 0.717) is 0 Å². The summed E-state index contributed by atoms with van der Waals surface area (Å²) in [6, 6.07) is 9.54. The molecule has 150 valence electrons. The molecule has 1 atom stereocenters. The number of halogens is 2.